The highest BCUT2D eigenvalue weighted by atomic mass is 17.3. The molecule has 0 aromatic carbocycles. The van der Waals surface area contributed by atoms with Gasteiger partial charge >= 0.3 is 0 Å². The Labute approximate surface area is 53.4 Å². The van der Waals surface area contributed by atoms with Gasteiger partial charge in [-0.2, -0.15) is 4.89 Å². The molecule has 0 aliphatic carbocycles. The van der Waals surface area contributed by atoms with Crippen molar-refractivity contribution >= 4 is 6.08 Å². The summed E-state index contributed by atoms with van der Waals surface area (Å²) in [4.78, 5) is 18.0. The van der Waals surface area contributed by atoms with Crippen LogP contribution in [0.15, 0.2) is 5.16 Å². The number of isocyanates is 1. The molecule has 0 aliphatic rings. The number of hydrogen-bond donors (Lipinski definition) is 0. The largest absolute Gasteiger partial charge is 0.280 e. The third-order valence-electron chi connectivity index (χ3n) is 0.362. The fourth-order valence-electron chi connectivity index (χ4n) is 0.146. The highest BCUT2D eigenvalue weighted by Crippen LogP contribution is 2.06. The van der Waals surface area contributed by atoms with Crippen LogP contribution in [0.1, 0.15) is 20.8 Å². The normalized spacial score (nSPS) is 10.1. The molecule has 0 atom stereocenters. The van der Waals surface area contributed by atoms with Gasteiger partial charge in [-0.3, -0.25) is 0 Å². The molecule has 0 aliphatic heterocycles. The fourth-order valence-corrected chi connectivity index (χ4v) is 0.146. The van der Waals surface area contributed by atoms with Crippen molar-refractivity contribution < 1.29 is 14.7 Å². The van der Waals surface area contributed by atoms with E-state index in [1.54, 1.807) is 20.8 Å². The lowest BCUT2D eigenvalue weighted by atomic mass is 10.2. The van der Waals surface area contributed by atoms with E-state index in [-0.39, 0.29) is 0 Å². The molecule has 0 rings (SSSR count). The second-order valence-electron chi connectivity index (χ2n) is 2.45. The Hall–Kier alpha value is -0.860. The van der Waals surface area contributed by atoms with E-state index in [1.807, 2.05) is 0 Å². The molecular weight excluding hydrogens is 122 g/mol. The molecule has 0 radical (unpaired) electrons. The van der Waals surface area contributed by atoms with E-state index >= 15 is 0 Å². The Morgan fingerprint density at radius 2 is 2.00 bits per heavy atom. The predicted octanol–water partition coefficient (Wildman–Crippen LogP) is 0.984. The lowest BCUT2D eigenvalue weighted by molar-refractivity contribution is -0.349. The van der Waals surface area contributed by atoms with Crippen molar-refractivity contribution in [2.75, 3.05) is 0 Å². The van der Waals surface area contributed by atoms with Gasteiger partial charge in [0.2, 0.25) is 0 Å². The van der Waals surface area contributed by atoms with E-state index in [2.05, 4.69) is 15.0 Å². The molecule has 0 fully saturated rings. The van der Waals surface area contributed by atoms with Crippen molar-refractivity contribution in [3.05, 3.63) is 0 Å². The van der Waals surface area contributed by atoms with Crippen LogP contribution in [0.25, 0.3) is 0 Å². The smallest absolute Gasteiger partial charge is 0.208 e. The van der Waals surface area contributed by atoms with Gasteiger partial charge in [0.05, 0.1) is 0 Å². The number of nitrogens with zero attached hydrogens (tertiary/aromatic N) is 1. The maximum absolute atomic E-state index is 9.39. The van der Waals surface area contributed by atoms with Crippen molar-refractivity contribution in [2.45, 2.75) is 26.4 Å². The molecular formula is C5H9NO3. The predicted molar refractivity (Wildman–Crippen MR) is 30.0 cm³/mol. The zero-order valence-electron chi connectivity index (χ0n) is 5.67. The van der Waals surface area contributed by atoms with Gasteiger partial charge in [0.25, 0.3) is 6.08 Å². The number of carbonyl (C=O) groups excluding carboxylic acids is 1. The molecule has 52 valence electrons. The first-order valence-corrected chi connectivity index (χ1v) is 2.48. The summed E-state index contributed by atoms with van der Waals surface area (Å²) in [7, 11) is 0. The topological polar surface area (TPSA) is 47.9 Å². The fraction of sp³-hybridized carbons (Fsp3) is 0.800. The van der Waals surface area contributed by atoms with Gasteiger partial charge in [-0.25, -0.2) is 9.78 Å². The Morgan fingerprint density at radius 1 is 1.44 bits per heavy atom. The van der Waals surface area contributed by atoms with Gasteiger partial charge < -0.3 is 0 Å². The number of rotatable bonds is 2. The van der Waals surface area contributed by atoms with Crippen LogP contribution in [0.5, 0.6) is 0 Å². The van der Waals surface area contributed by atoms with E-state index < -0.39 is 5.60 Å². The first kappa shape index (κ1) is 8.14. The lowest BCUT2D eigenvalue weighted by Gasteiger charge is -2.12. The van der Waals surface area contributed by atoms with Crippen molar-refractivity contribution in [1.29, 1.82) is 0 Å². The van der Waals surface area contributed by atoms with Gasteiger partial charge in [-0.05, 0) is 20.8 Å². The summed E-state index contributed by atoms with van der Waals surface area (Å²) >= 11 is 0. The monoisotopic (exact) mass is 131 g/mol. The molecule has 4 heteroatoms. The molecule has 0 saturated heterocycles. The zero-order valence-corrected chi connectivity index (χ0v) is 5.67. The lowest BCUT2D eigenvalue weighted by Crippen LogP contribution is -2.17. The maximum Gasteiger partial charge on any atom is 0.280 e. The number of hydrogen-bond acceptors (Lipinski definition) is 4. The van der Waals surface area contributed by atoms with E-state index in [9.17, 15) is 4.79 Å². The first-order valence-electron chi connectivity index (χ1n) is 2.48. The quantitative estimate of drug-likeness (QED) is 0.243. The minimum Gasteiger partial charge on any atom is -0.208 e. The minimum atomic E-state index is -0.444. The van der Waals surface area contributed by atoms with Crippen LogP contribution < -0.4 is 0 Å². The second-order valence-corrected chi connectivity index (χ2v) is 2.45. The van der Waals surface area contributed by atoms with Crippen LogP contribution in [0, 0.1) is 0 Å². The molecule has 0 unspecified atom stereocenters. The van der Waals surface area contributed by atoms with Crippen molar-refractivity contribution in [2.24, 2.45) is 5.16 Å². The third kappa shape index (κ3) is 7.14. The first-order chi connectivity index (χ1) is 4.06. The highest BCUT2D eigenvalue weighted by Gasteiger charge is 2.11. The van der Waals surface area contributed by atoms with Crippen LogP contribution in [0.4, 0.5) is 0 Å². The Kier molecular flexibility index (Phi) is 2.91. The average molecular weight is 131 g/mol. The summed E-state index contributed by atoms with van der Waals surface area (Å²) in [6.45, 7) is 5.31. The minimum absolute atomic E-state index is 0.444. The molecule has 4 nitrogen and oxygen atoms in total. The summed E-state index contributed by atoms with van der Waals surface area (Å²) in [6.07, 6.45) is 1.17. The summed E-state index contributed by atoms with van der Waals surface area (Å²) in [5.74, 6) is 0. The van der Waals surface area contributed by atoms with Gasteiger partial charge in [-0.1, -0.05) is 0 Å². The molecule has 0 aromatic heterocycles. The van der Waals surface area contributed by atoms with Gasteiger partial charge in [-0.15, -0.1) is 0 Å². The molecule has 0 aromatic rings. The SMILES string of the molecule is CC(C)(C)OON=C=O. The van der Waals surface area contributed by atoms with Crippen LogP contribution in [0.3, 0.4) is 0 Å². The van der Waals surface area contributed by atoms with Gasteiger partial charge in [0.1, 0.15) is 5.60 Å². The van der Waals surface area contributed by atoms with Crippen molar-refractivity contribution in [3.63, 3.8) is 0 Å². The van der Waals surface area contributed by atoms with Crippen LogP contribution in [-0.2, 0) is 14.7 Å². The molecule has 0 spiro atoms. The summed E-state index contributed by atoms with van der Waals surface area (Å²) in [5, 5.41) is 2.73. The van der Waals surface area contributed by atoms with E-state index in [0.29, 0.717) is 0 Å². The zero-order chi connectivity index (χ0) is 7.33. The molecule has 0 amide bonds. The Bertz CT molecular complexity index is 121. The highest BCUT2D eigenvalue weighted by molar-refractivity contribution is 5.31. The Balaban J connectivity index is 3.39. The van der Waals surface area contributed by atoms with Crippen LogP contribution in [-0.4, -0.2) is 11.7 Å². The van der Waals surface area contributed by atoms with Gasteiger partial charge in [0, 0.05) is 5.16 Å². The third-order valence-corrected chi connectivity index (χ3v) is 0.362. The standard InChI is InChI=1S/C5H9NO3/c1-5(2,3)8-9-6-4-7/h1-3H3. The van der Waals surface area contributed by atoms with Crippen molar-refractivity contribution in [1.82, 2.24) is 0 Å². The average Bonchev–Trinajstić information content (AvgIpc) is 1.63. The van der Waals surface area contributed by atoms with Crippen LogP contribution in [0.2, 0.25) is 0 Å². The molecule has 0 saturated carbocycles. The van der Waals surface area contributed by atoms with Gasteiger partial charge in [0.15, 0.2) is 0 Å². The Morgan fingerprint density at radius 3 is 2.33 bits per heavy atom. The summed E-state index contributed by atoms with van der Waals surface area (Å²) in [5.41, 5.74) is -0.444. The van der Waals surface area contributed by atoms with E-state index in [4.69, 9.17) is 0 Å². The molecule has 0 heterocycles. The molecule has 0 bridgehead atoms. The molecule has 9 heavy (non-hydrogen) atoms. The maximum atomic E-state index is 9.39. The molecule has 0 N–H and O–H groups in total. The summed E-state index contributed by atoms with van der Waals surface area (Å²) in [6, 6.07) is 0. The summed E-state index contributed by atoms with van der Waals surface area (Å²) < 4.78 is 0. The van der Waals surface area contributed by atoms with Crippen molar-refractivity contribution in [3.8, 4) is 0 Å². The van der Waals surface area contributed by atoms with E-state index in [0.717, 1.165) is 0 Å². The van der Waals surface area contributed by atoms with Crippen LogP contribution >= 0.6 is 0 Å². The second kappa shape index (κ2) is 3.22. The van der Waals surface area contributed by atoms with E-state index in [1.165, 1.54) is 6.08 Å².